The van der Waals surface area contributed by atoms with Crippen LogP contribution in [-0.2, 0) is 11.2 Å². The largest absolute Gasteiger partial charge is 0.376 e. The van der Waals surface area contributed by atoms with Crippen molar-refractivity contribution in [1.29, 1.82) is 0 Å². The Morgan fingerprint density at radius 2 is 1.75 bits per heavy atom. The van der Waals surface area contributed by atoms with Crippen molar-refractivity contribution >= 4 is 17.5 Å². The normalized spacial score (nSPS) is 19.0. The minimum Gasteiger partial charge on any atom is -0.376 e. The van der Waals surface area contributed by atoms with Crippen LogP contribution in [0, 0.1) is 0 Å². The van der Waals surface area contributed by atoms with E-state index >= 15 is 0 Å². The lowest BCUT2D eigenvalue weighted by atomic mass is 10.0. The first kappa shape index (κ1) is 22.3. The Labute approximate surface area is 190 Å². The van der Waals surface area contributed by atoms with E-state index in [1.54, 1.807) is 0 Å². The third kappa shape index (κ3) is 5.49. The molecule has 0 bridgehead atoms. The molecule has 0 radical (unpaired) electrons. The van der Waals surface area contributed by atoms with Crippen molar-refractivity contribution in [1.82, 2.24) is 10.6 Å². The maximum Gasteiger partial charge on any atom is 0.253 e. The summed E-state index contributed by atoms with van der Waals surface area (Å²) in [5, 5.41) is 6.21. The standard InChI is InChI=1S/C26H33N3O3/c1-2-19-9-11-20(12-10-19)25(30)28-21-13-15-29(16-14-21)24-8-4-3-7-23(24)26(31)27-18-22-6-5-17-32-22/h3-4,7-12,21-22H,2,5-6,13-18H2,1H3,(H,27,31)(H,28,30)/t22-/m1/s1. The van der Waals surface area contributed by atoms with Gasteiger partial charge in [-0.3, -0.25) is 9.59 Å². The summed E-state index contributed by atoms with van der Waals surface area (Å²) in [7, 11) is 0. The van der Waals surface area contributed by atoms with Crippen LogP contribution in [-0.4, -0.2) is 50.2 Å². The highest BCUT2D eigenvalue weighted by atomic mass is 16.5. The van der Waals surface area contributed by atoms with Crippen LogP contribution in [0.25, 0.3) is 0 Å². The third-order valence-corrected chi connectivity index (χ3v) is 6.46. The van der Waals surface area contributed by atoms with Crippen molar-refractivity contribution in [2.75, 3.05) is 31.1 Å². The molecule has 170 valence electrons. The lowest BCUT2D eigenvalue weighted by molar-refractivity contribution is 0.0858. The van der Waals surface area contributed by atoms with Crippen LogP contribution in [0.5, 0.6) is 0 Å². The molecule has 2 saturated heterocycles. The van der Waals surface area contributed by atoms with Gasteiger partial charge in [0.25, 0.3) is 11.8 Å². The lowest BCUT2D eigenvalue weighted by Gasteiger charge is -2.35. The average molecular weight is 436 g/mol. The van der Waals surface area contributed by atoms with Crippen LogP contribution in [0.15, 0.2) is 48.5 Å². The molecule has 2 amide bonds. The zero-order valence-electron chi connectivity index (χ0n) is 18.8. The molecule has 1 atom stereocenters. The molecule has 2 heterocycles. The predicted molar refractivity (Wildman–Crippen MR) is 126 cm³/mol. The number of amides is 2. The summed E-state index contributed by atoms with van der Waals surface area (Å²) in [6, 6.07) is 15.7. The SMILES string of the molecule is CCc1ccc(C(=O)NC2CCN(c3ccccc3C(=O)NC[C@H]3CCCO3)CC2)cc1. The summed E-state index contributed by atoms with van der Waals surface area (Å²) < 4.78 is 5.61. The number of ether oxygens (including phenoxy) is 1. The molecule has 6 heteroatoms. The van der Waals surface area contributed by atoms with Gasteiger partial charge in [-0.2, -0.15) is 0 Å². The quantitative estimate of drug-likeness (QED) is 0.698. The van der Waals surface area contributed by atoms with Crippen molar-refractivity contribution in [3.63, 3.8) is 0 Å². The van der Waals surface area contributed by atoms with Gasteiger partial charge in [0.2, 0.25) is 0 Å². The Balaban J connectivity index is 1.31. The van der Waals surface area contributed by atoms with Crippen LogP contribution >= 0.6 is 0 Å². The number of piperidine rings is 1. The van der Waals surface area contributed by atoms with Gasteiger partial charge in [-0.15, -0.1) is 0 Å². The zero-order chi connectivity index (χ0) is 22.3. The highest BCUT2D eigenvalue weighted by molar-refractivity contribution is 6.00. The average Bonchev–Trinajstić information content (AvgIpc) is 3.37. The Kier molecular flexibility index (Phi) is 7.43. The lowest BCUT2D eigenvalue weighted by Crippen LogP contribution is -2.45. The molecule has 0 aromatic heterocycles. The Bertz CT molecular complexity index is 914. The Hall–Kier alpha value is -2.86. The van der Waals surface area contributed by atoms with Gasteiger partial charge >= 0.3 is 0 Å². The van der Waals surface area contributed by atoms with E-state index < -0.39 is 0 Å². The van der Waals surface area contributed by atoms with Crippen LogP contribution in [0.4, 0.5) is 5.69 Å². The second-order valence-corrected chi connectivity index (χ2v) is 8.65. The predicted octanol–water partition coefficient (Wildman–Crippen LogP) is 3.56. The number of nitrogens with one attached hydrogen (secondary N) is 2. The number of nitrogens with zero attached hydrogens (tertiary/aromatic N) is 1. The summed E-state index contributed by atoms with van der Waals surface area (Å²) in [6.45, 7) is 5.05. The number of rotatable bonds is 7. The van der Waals surface area contributed by atoms with Gasteiger partial charge in [0.05, 0.1) is 11.7 Å². The molecule has 2 aromatic rings. The Morgan fingerprint density at radius 3 is 2.44 bits per heavy atom. The molecule has 0 unspecified atom stereocenters. The first-order chi connectivity index (χ1) is 15.6. The summed E-state index contributed by atoms with van der Waals surface area (Å²) in [4.78, 5) is 27.7. The van der Waals surface area contributed by atoms with E-state index in [1.807, 2.05) is 48.5 Å². The molecule has 2 aliphatic heterocycles. The fourth-order valence-corrected chi connectivity index (χ4v) is 4.47. The van der Waals surface area contributed by atoms with Gasteiger partial charge in [0.15, 0.2) is 0 Å². The maximum absolute atomic E-state index is 12.8. The van der Waals surface area contributed by atoms with Crippen molar-refractivity contribution in [3.8, 4) is 0 Å². The number of hydrogen-bond acceptors (Lipinski definition) is 4. The maximum atomic E-state index is 12.8. The third-order valence-electron chi connectivity index (χ3n) is 6.46. The van der Waals surface area contributed by atoms with Crippen LogP contribution in [0.2, 0.25) is 0 Å². The summed E-state index contributed by atoms with van der Waals surface area (Å²) in [6.07, 6.45) is 4.86. The number of anilines is 1. The summed E-state index contributed by atoms with van der Waals surface area (Å²) >= 11 is 0. The van der Waals surface area contributed by atoms with Crippen LogP contribution in [0.3, 0.4) is 0 Å². The minimum atomic E-state index is -0.0537. The molecule has 2 aliphatic rings. The van der Waals surface area contributed by atoms with Crippen LogP contribution < -0.4 is 15.5 Å². The molecule has 4 rings (SSSR count). The van der Waals surface area contributed by atoms with Crippen molar-refractivity contribution in [2.45, 2.75) is 51.2 Å². The van der Waals surface area contributed by atoms with Gasteiger partial charge in [-0.25, -0.2) is 0 Å². The zero-order valence-corrected chi connectivity index (χ0v) is 18.8. The fourth-order valence-electron chi connectivity index (χ4n) is 4.47. The number of carbonyl (C=O) groups excluding carboxylic acids is 2. The molecular weight excluding hydrogens is 402 g/mol. The van der Waals surface area contributed by atoms with Gasteiger partial charge in [0.1, 0.15) is 0 Å². The summed E-state index contributed by atoms with van der Waals surface area (Å²) in [5.74, 6) is -0.0675. The van der Waals surface area contributed by atoms with Gasteiger partial charge in [-0.05, 0) is 61.9 Å². The van der Waals surface area contributed by atoms with Gasteiger partial charge in [0, 0.05) is 43.5 Å². The summed E-state index contributed by atoms with van der Waals surface area (Å²) in [5.41, 5.74) is 3.59. The first-order valence-electron chi connectivity index (χ1n) is 11.8. The van der Waals surface area contributed by atoms with Crippen molar-refractivity contribution in [2.24, 2.45) is 0 Å². The molecule has 0 aliphatic carbocycles. The number of carbonyl (C=O) groups is 2. The van der Waals surface area contributed by atoms with E-state index in [4.69, 9.17) is 4.74 Å². The van der Waals surface area contributed by atoms with E-state index in [-0.39, 0.29) is 24.0 Å². The molecule has 2 aromatic carbocycles. The number of benzene rings is 2. The van der Waals surface area contributed by atoms with E-state index in [0.717, 1.165) is 57.5 Å². The van der Waals surface area contributed by atoms with Crippen molar-refractivity contribution < 1.29 is 14.3 Å². The minimum absolute atomic E-state index is 0.0139. The fraction of sp³-hybridized carbons (Fsp3) is 0.462. The smallest absolute Gasteiger partial charge is 0.253 e. The van der Waals surface area contributed by atoms with Gasteiger partial charge < -0.3 is 20.3 Å². The van der Waals surface area contributed by atoms with E-state index in [1.165, 1.54) is 5.56 Å². The first-order valence-corrected chi connectivity index (χ1v) is 11.8. The Morgan fingerprint density at radius 1 is 1.00 bits per heavy atom. The van der Waals surface area contributed by atoms with Gasteiger partial charge in [-0.1, -0.05) is 31.2 Å². The second kappa shape index (κ2) is 10.6. The molecular formula is C26H33N3O3. The molecule has 6 nitrogen and oxygen atoms in total. The topological polar surface area (TPSA) is 70.7 Å². The number of hydrogen-bond donors (Lipinski definition) is 2. The van der Waals surface area contributed by atoms with E-state index in [2.05, 4.69) is 22.5 Å². The molecule has 32 heavy (non-hydrogen) atoms. The number of para-hydroxylation sites is 1. The molecule has 2 N–H and O–H groups in total. The molecule has 0 saturated carbocycles. The monoisotopic (exact) mass is 435 g/mol. The molecule has 0 spiro atoms. The molecule has 2 fully saturated rings. The number of aryl methyl sites for hydroxylation is 1. The van der Waals surface area contributed by atoms with Crippen molar-refractivity contribution in [3.05, 3.63) is 65.2 Å². The second-order valence-electron chi connectivity index (χ2n) is 8.65. The van der Waals surface area contributed by atoms with E-state index in [9.17, 15) is 9.59 Å². The van der Waals surface area contributed by atoms with Crippen LogP contribution in [0.1, 0.15) is 58.9 Å². The van der Waals surface area contributed by atoms with E-state index in [0.29, 0.717) is 17.7 Å². The highest BCUT2D eigenvalue weighted by Gasteiger charge is 2.24. The highest BCUT2D eigenvalue weighted by Crippen LogP contribution is 2.25.